The second kappa shape index (κ2) is 3.77. The highest BCUT2D eigenvalue weighted by Gasteiger charge is 2.15. The molecule has 0 spiro atoms. The van der Waals surface area contributed by atoms with E-state index in [-0.39, 0.29) is 0 Å². The third kappa shape index (κ3) is 1.82. The van der Waals surface area contributed by atoms with Crippen molar-refractivity contribution in [3.63, 3.8) is 0 Å². The van der Waals surface area contributed by atoms with Gasteiger partial charge in [-0.15, -0.1) is 0 Å². The van der Waals surface area contributed by atoms with Gasteiger partial charge in [0.25, 0.3) is 0 Å². The lowest BCUT2D eigenvalue weighted by Gasteiger charge is -2.11. The summed E-state index contributed by atoms with van der Waals surface area (Å²) in [5.41, 5.74) is 0.812. The van der Waals surface area contributed by atoms with E-state index < -0.39 is 0 Å². The van der Waals surface area contributed by atoms with Crippen LogP contribution in [0, 0.1) is 5.92 Å². The van der Waals surface area contributed by atoms with Crippen molar-refractivity contribution in [2.24, 2.45) is 5.92 Å². The highest BCUT2D eigenvalue weighted by molar-refractivity contribution is 5.72. The van der Waals surface area contributed by atoms with E-state index in [1.165, 1.54) is 25.7 Å². The van der Waals surface area contributed by atoms with Gasteiger partial charge in [0, 0.05) is 12.7 Å². The molecule has 2 nitrogen and oxygen atoms in total. The molecule has 1 aromatic heterocycles. The average molecular weight is 177 g/mol. The molecule has 0 N–H and O–H groups in total. The van der Waals surface area contributed by atoms with Gasteiger partial charge >= 0.3 is 0 Å². The molecule has 1 aliphatic carbocycles. The fraction of sp³-hybridized carbons (Fsp3) is 0.545. The Hall–Kier alpha value is -1.05. The van der Waals surface area contributed by atoms with Crippen LogP contribution in [0.3, 0.4) is 0 Å². The van der Waals surface area contributed by atoms with Crippen LogP contribution in [0.15, 0.2) is 18.3 Å². The number of nitrogens with zero attached hydrogens (tertiary/aromatic N) is 1. The lowest BCUT2D eigenvalue weighted by atomic mass is 10.1. The van der Waals surface area contributed by atoms with Gasteiger partial charge in [0.2, 0.25) is 0 Å². The van der Waals surface area contributed by atoms with Crippen molar-refractivity contribution in [2.45, 2.75) is 32.2 Å². The Morgan fingerprint density at radius 1 is 1.46 bits per heavy atom. The number of carbonyl (C=O) groups excluding carboxylic acids is 1. The van der Waals surface area contributed by atoms with E-state index in [1.54, 1.807) is 0 Å². The summed E-state index contributed by atoms with van der Waals surface area (Å²) >= 11 is 0. The minimum atomic E-state index is 0.797. The maximum atomic E-state index is 10.6. The summed E-state index contributed by atoms with van der Waals surface area (Å²) in [6, 6.07) is 3.82. The van der Waals surface area contributed by atoms with Crippen molar-refractivity contribution in [3.05, 3.63) is 24.0 Å². The third-order valence-electron chi connectivity index (χ3n) is 2.92. The van der Waals surface area contributed by atoms with Crippen LogP contribution in [0.5, 0.6) is 0 Å². The first-order valence-electron chi connectivity index (χ1n) is 5.00. The van der Waals surface area contributed by atoms with E-state index in [1.807, 2.05) is 18.3 Å². The minimum absolute atomic E-state index is 0.797. The molecular formula is C11H15NO. The highest BCUT2D eigenvalue weighted by atomic mass is 16.1. The summed E-state index contributed by atoms with van der Waals surface area (Å²) in [4.78, 5) is 10.6. The lowest BCUT2D eigenvalue weighted by Crippen LogP contribution is -2.08. The predicted octanol–water partition coefficient (Wildman–Crippen LogP) is 2.49. The zero-order valence-electron chi connectivity index (χ0n) is 7.78. The van der Waals surface area contributed by atoms with E-state index in [2.05, 4.69) is 4.57 Å². The highest BCUT2D eigenvalue weighted by Crippen LogP contribution is 2.26. The van der Waals surface area contributed by atoms with Gasteiger partial charge in [0.1, 0.15) is 0 Å². The molecule has 0 unspecified atom stereocenters. The van der Waals surface area contributed by atoms with Crippen LogP contribution in [-0.4, -0.2) is 10.9 Å². The summed E-state index contributed by atoms with van der Waals surface area (Å²) in [5, 5.41) is 0. The first-order valence-corrected chi connectivity index (χ1v) is 5.00. The largest absolute Gasteiger partial charge is 0.345 e. The zero-order chi connectivity index (χ0) is 9.10. The van der Waals surface area contributed by atoms with E-state index in [0.29, 0.717) is 0 Å². The Kier molecular flexibility index (Phi) is 2.48. The molecule has 0 atom stereocenters. The molecule has 1 heterocycles. The number of hydrogen-bond donors (Lipinski definition) is 0. The van der Waals surface area contributed by atoms with E-state index in [0.717, 1.165) is 24.4 Å². The summed E-state index contributed by atoms with van der Waals surface area (Å²) in [6.45, 7) is 1.03. The summed E-state index contributed by atoms with van der Waals surface area (Å²) in [5.74, 6) is 0.797. The molecule has 0 saturated heterocycles. The van der Waals surface area contributed by atoms with Crippen LogP contribution < -0.4 is 0 Å². The van der Waals surface area contributed by atoms with Gasteiger partial charge in [-0.3, -0.25) is 4.79 Å². The summed E-state index contributed by atoms with van der Waals surface area (Å²) in [6.07, 6.45) is 8.33. The molecule has 2 rings (SSSR count). The summed E-state index contributed by atoms with van der Waals surface area (Å²) < 4.78 is 2.07. The van der Waals surface area contributed by atoms with E-state index >= 15 is 0 Å². The van der Waals surface area contributed by atoms with Crippen LogP contribution in [0.4, 0.5) is 0 Å². The fourth-order valence-electron chi connectivity index (χ4n) is 2.17. The number of carbonyl (C=O) groups is 1. The van der Waals surface area contributed by atoms with Crippen molar-refractivity contribution < 1.29 is 4.79 Å². The van der Waals surface area contributed by atoms with Gasteiger partial charge in [-0.1, -0.05) is 12.8 Å². The molecule has 0 amide bonds. The van der Waals surface area contributed by atoms with Gasteiger partial charge < -0.3 is 4.57 Å². The molecule has 0 radical (unpaired) electrons. The SMILES string of the molecule is O=Cc1cccn1CC1CCCC1. The van der Waals surface area contributed by atoms with E-state index in [4.69, 9.17) is 0 Å². The Morgan fingerprint density at radius 2 is 2.23 bits per heavy atom. The first kappa shape index (κ1) is 8.54. The molecule has 0 bridgehead atoms. The van der Waals surface area contributed by atoms with Crippen LogP contribution in [0.1, 0.15) is 36.2 Å². The zero-order valence-corrected chi connectivity index (χ0v) is 7.78. The molecule has 1 aromatic rings. The van der Waals surface area contributed by atoms with Crippen molar-refractivity contribution in [1.82, 2.24) is 4.57 Å². The third-order valence-corrected chi connectivity index (χ3v) is 2.92. The molecule has 1 aliphatic rings. The molecule has 13 heavy (non-hydrogen) atoms. The standard InChI is InChI=1S/C11H15NO/c13-9-11-6-3-7-12(11)8-10-4-1-2-5-10/h3,6-7,9-10H,1-2,4-5,8H2. The normalized spacial score (nSPS) is 17.8. The van der Waals surface area contributed by atoms with Crippen LogP contribution in [0.25, 0.3) is 0 Å². The molecule has 0 aromatic carbocycles. The van der Waals surface area contributed by atoms with Crippen molar-refractivity contribution in [1.29, 1.82) is 0 Å². The number of rotatable bonds is 3. The Bertz CT molecular complexity index is 284. The predicted molar refractivity (Wildman–Crippen MR) is 51.8 cm³/mol. The van der Waals surface area contributed by atoms with Crippen molar-refractivity contribution in [2.75, 3.05) is 0 Å². The van der Waals surface area contributed by atoms with Gasteiger partial charge in [0.05, 0.1) is 5.69 Å². The molecule has 2 heteroatoms. The van der Waals surface area contributed by atoms with Gasteiger partial charge in [-0.25, -0.2) is 0 Å². The minimum Gasteiger partial charge on any atom is -0.345 e. The smallest absolute Gasteiger partial charge is 0.166 e. The molecular weight excluding hydrogens is 162 g/mol. The lowest BCUT2D eigenvalue weighted by molar-refractivity contribution is 0.111. The monoisotopic (exact) mass is 177 g/mol. The average Bonchev–Trinajstić information content (AvgIpc) is 2.76. The summed E-state index contributed by atoms with van der Waals surface area (Å²) in [7, 11) is 0. The second-order valence-corrected chi connectivity index (χ2v) is 3.85. The number of hydrogen-bond acceptors (Lipinski definition) is 1. The van der Waals surface area contributed by atoms with Crippen LogP contribution >= 0.6 is 0 Å². The van der Waals surface area contributed by atoms with Crippen molar-refractivity contribution in [3.8, 4) is 0 Å². The van der Waals surface area contributed by atoms with Gasteiger partial charge in [0.15, 0.2) is 6.29 Å². The van der Waals surface area contributed by atoms with Crippen molar-refractivity contribution >= 4 is 6.29 Å². The van der Waals surface area contributed by atoms with Gasteiger partial charge in [-0.05, 0) is 30.9 Å². The Labute approximate surface area is 78.6 Å². The molecule has 1 saturated carbocycles. The second-order valence-electron chi connectivity index (χ2n) is 3.85. The van der Waals surface area contributed by atoms with Crippen LogP contribution in [-0.2, 0) is 6.54 Å². The number of aromatic nitrogens is 1. The topological polar surface area (TPSA) is 22.0 Å². The fourth-order valence-corrected chi connectivity index (χ4v) is 2.17. The maximum Gasteiger partial charge on any atom is 0.166 e. The Morgan fingerprint density at radius 3 is 2.92 bits per heavy atom. The van der Waals surface area contributed by atoms with Crippen LogP contribution in [0.2, 0.25) is 0 Å². The molecule has 1 fully saturated rings. The van der Waals surface area contributed by atoms with E-state index in [9.17, 15) is 4.79 Å². The first-order chi connectivity index (χ1) is 6.40. The molecule has 0 aliphatic heterocycles. The number of aldehydes is 1. The maximum absolute atomic E-state index is 10.6. The van der Waals surface area contributed by atoms with Gasteiger partial charge in [-0.2, -0.15) is 0 Å². The molecule has 70 valence electrons. The quantitative estimate of drug-likeness (QED) is 0.650. The Balaban J connectivity index is 2.03.